The number of rotatable bonds is 4. The minimum Gasteiger partial charge on any atom is -0.478 e. The van der Waals surface area contributed by atoms with Crippen molar-refractivity contribution in [3.8, 4) is 0 Å². The van der Waals surface area contributed by atoms with Crippen molar-refractivity contribution in [2.75, 3.05) is 5.32 Å². The normalized spacial score (nSPS) is 10.2. The number of carbonyl (C=O) groups excluding carboxylic acids is 1. The average molecular weight is 291 g/mol. The van der Waals surface area contributed by atoms with Gasteiger partial charge in [-0.2, -0.15) is 0 Å². The van der Waals surface area contributed by atoms with Crippen molar-refractivity contribution in [2.45, 2.75) is 6.42 Å². The van der Waals surface area contributed by atoms with E-state index in [9.17, 15) is 18.4 Å². The van der Waals surface area contributed by atoms with Crippen molar-refractivity contribution in [1.82, 2.24) is 0 Å². The smallest absolute Gasteiger partial charge is 0.340 e. The maximum Gasteiger partial charge on any atom is 0.340 e. The van der Waals surface area contributed by atoms with Crippen LogP contribution in [0.3, 0.4) is 0 Å². The van der Waals surface area contributed by atoms with Gasteiger partial charge in [0.1, 0.15) is 17.2 Å². The lowest BCUT2D eigenvalue weighted by molar-refractivity contribution is -0.115. The van der Waals surface area contributed by atoms with Gasteiger partial charge in [-0.25, -0.2) is 13.6 Å². The summed E-state index contributed by atoms with van der Waals surface area (Å²) in [7, 11) is 0. The van der Waals surface area contributed by atoms with Crippen molar-refractivity contribution in [2.24, 2.45) is 0 Å². The zero-order valence-corrected chi connectivity index (χ0v) is 10.8. The molecule has 0 atom stereocenters. The number of carboxylic acids is 1. The van der Waals surface area contributed by atoms with Crippen LogP contribution in [-0.4, -0.2) is 17.0 Å². The molecule has 4 nitrogen and oxygen atoms in total. The second-order valence-corrected chi connectivity index (χ2v) is 4.32. The lowest BCUT2D eigenvalue weighted by Crippen LogP contribution is -2.17. The van der Waals surface area contributed by atoms with E-state index < -0.39 is 29.1 Å². The third kappa shape index (κ3) is 3.62. The number of nitrogens with one attached hydrogen (secondary N) is 1. The Labute approximate surface area is 119 Å². The Bertz CT molecular complexity index is 684. The quantitative estimate of drug-likeness (QED) is 0.910. The van der Waals surface area contributed by atoms with Crippen LogP contribution < -0.4 is 5.32 Å². The highest BCUT2D eigenvalue weighted by atomic mass is 19.1. The van der Waals surface area contributed by atoms with Crippen LogP contribution in [0.5, 0.6) is 0 Å². The number of halogens is 2. The van der Waals surface area contributed by atoms with E-state index in [0.29, 0.717) is 5.56 Å². The molecule has 0 unspecified atom stereocenters. The van der Waals surface area contributed by atoms with Crippen LogP contribution in [0, 0.1) is 11.6 Å². The van der Waals surface area contributed by atoms with E-state index in [1.165, 1.54) is 36.4 Å². The largest absolute Gasteiger partial charge is 0.478 e. The Morgan fingerprint density at radius 2 is 1.71 bits per heavy atom. The molecule has 1 amide bonds. The molecule has 21 heavy (non-hydrogen) atoms. The molecule has 0 saturated carbocycles. The molecule has 108 valence electrons. The molecule has 0 aliphatic rings. The van der Waals surface area contributed by atoms with Crippen molar-refractivity contribution in [1.29, 1.82) is 0 Å². The molecular formula is C15H11F2NO3. The van der Waals surface area contributed by atoms with Gasteiger partial charge in [0.15, 0.2) is 0 Å². The van der Waals surface area contributed by atoms with Gasteiger partial charge in [0, 0.05) is 0 Å². The third-order valence-corrected chi connectivity index (χ3v) is 2.78. The van der Waals surface area contributed by atoms with Gasteiger partial charge in [-0.3, -0.25) is 4.79 Å². The minimum absolute atomic E-state index is 0.0736. The summed E-state index contributed by atoms with van der Waals surface area (Å²) in [4.78, 5) is 22.8. The van der Waals surface area contributed by atoms with E-state index in [-0.39, 0.29) is 12.1 Å². The van der Waals surface area contributed by atoms with Gasteiger partial charge < -0.3 is 10.4 Å². The van der Waals surface area contributed by atoms with E-state index in [1.54, 1.807) is 0 Å². The summed E-state index contributed by atoms with van der Waals surface area (Å²) in [6.07, 6.45) is -0.0736. The maximum absolute atomic E-state index is 13.4. The average Bonchev–Trinajstić information content (AvgIpc) is 2.41. The molecule has 0 aromatic heterocycles. The predicted molar refractivity (Wildman–Crippen MR) is 72.1 cm³/mol. The Morgan fingerprint density at radius 3 is 2.33 bits per heavy atom. The van der Waals surface area contributed by atoms with Crippen LogP contribution in [0.25, 0.3) is 0 Å². The molecular weight excluding hydrogens is 280 g/mol. The molecule has 0 aliphatic heterocycles. The highest BCUT2D eigenvalue weighted by Crippen LogP contribution is 2.19. The summed E-state index contributed by atoms with van der Waals surface area (Å²) in [6, 6.07) is 8.92. The molecule has 0 radical (unpaired) electrons. The van der Waals surface area contributed by atoms with Crippen LogP contribution >= 0.6 is 0 Å². The van der Waals surface area contributed by atoms with E-state index in [0.717, 1.165) is 6.07 Å². The second-order valence-electron chi connectivity index (χ2n) is 4.32. The fourth-order valence-corrected chi connectivity index (χ4v) is 1.83. The first-order chi connectivity index (χ1) is 9.97. The van der Waals surface area contributed by atoms with Crippen molar-refractivity contribution >= 4 is 17.6 Å². The number of aromatic carboxylic acids is 1. The molecule has 0 spiro atoms. The number of benzene rings is 2. The van der Waals surface area contributed by atoms with Crippen molar-refractivity contribution in [3.63, 3.8) is 0 Å². The van der Waals surface area contributed by atoms with E-state index in [1.807, 2.05) is 0 Å². The van der Waals surface area contributed by atoms with Crippen LogP contribution in [0.1, 0.15) is 15.9 Å². The van der Waals surface area contributed by atoms with Gasteiger partial charge in [0.25, 0.3) is 0 Å². The number of hydrogen-bond donors (Lipinski definition) is 2. The Kier molecular flexibility index (Phi) is 4.27. The molecule has 2 N–H and O–H groups in total. The Hall–Kier alpha value is -2.76. The molecule has 6 heteroatoms. The van der Waals surface area contributed by atoms with Crippen LogP contribution in [0.4, 0.5) is 14.5 Å². The second kappa shape index (κ2) is 6.13. The topological polar surface area (TPSA) is 66.4 Å². The van der Waals surface area contributed by atoms with Crippen LogP contribution in [0.2, 0.25) is 0 Å². The van der Waals surface area contributed by atoms with Gasteiger partial charge >= 0.3 is 5.97 Å². The first-order valence-corrected chi connectivity index (χ1v) is 6.03. The van der Waals surface area contributed by atoms with Gasteiger partial charge in [-0.15, -0.1) is 0 Å². The highest BCUT2D eigenvalue weighted by Gasteiger charge is 2.17. The van der Waals surface area contributed by atoms with Crippen LogP contribution in [0.15, 0.2) is 42.5 Å². The molecule has 2 aromatic rings. The zero-order chi connectivity index (χ0) is 15.4. The molecule has 0 aliphatic carbocycles. The summed E-state index contributed by atoms with van der Waals surface area (Å²) >= 11 is 0. The van der Waals surface area contributed by atoms with Gasteiger partial charge in [-0.1, -0.05) is 18.2 Å². The van der Waals surface area contributed by atoms with Crippen molar-refractivity contribution in [3.05, 3.63) is 65.2 Å². The van der Waals surface area contributed by atoms with Gasteiger partial charge in [-0.05, 0) is 29.8 Å². The number of amides is 1. The summed E-state index contributed by atoms with van der Waals surface area (Å²) in [5.41, 5.74) is -0.151. The van der Waals surface area contributed by atoms with Crippen molar-refractivity contribution < 1.29 is 23.5 Å². The molecule has 0 fully saturated rings. The summed E-state index contributed by atoms with van der Waals surface area (Å²) in [6.45, 7) is 0. The SMILES string of the molecule is O=C(Cc1ccc(F)cc1)Nc1cccc(F)c1C(=O)O. The molecule has 0 saturated heterocycles. The van der Waals surface area contributed by atoms with Crippen LogP contribution in [-0.2, 0) is 11.2 Å². The molecule has 2 aromatic carbocycles. The number of carbonyl (C=O) groups is 2. The lowest BCUT2D eigenvalue weighted by Gasteiger charge is -2.09. The minimum atomic E-state index is -1.47. The van der Waals surface area contributed by atoms with E-state index >= 15 is 0 Å². The van der Waals surface area contributed by atoms with Gasteiger partial charge in [0.2, 0.25) is 5.91 Å². The van der Waals surface area contributed by atoms with E-state index in [4.69, 9.17) is 5.11 Å². The molecule has 0 heterocycles. The monoisotopic (exact) mass is 291 g/mol. The Morgan fingerprint density at radius 1 is 1.05 bits per heavy atom. The third-order valence-electron chi connectivity index (χ3n) is 2.78. The Balaban J connectivity index is 2.15. The fraction of sp³-hybridized carbons (Fsp3) is 0.0667. The maximum atomic E-state index is 13.4. The summed E-state index contributed by atoms with van der Waals surface area (Å²) in [5, 5.41) is 11.3. The summed E-state index contributed by atoms with van der Waals surface area (Å²) in [5.74, 6) is -3.33. The fourth-order valence-electron chi connectivity index (χ4n) is 1.83. The van der Waals surface area contributed by atoms with Gasteiger partial charge in [0.05, 0.1) is 12.1 Å². The first-order valence-electron chi connectivity index (χ1n) is 6.03. The summed E-state index contributed by atoms with van der Waals surface area (Å²) < 4.78 is 26.2. The number of hydrogen-bond acceptors (Lipinski definition) is 2. The lowest BCUT2D eigenvalue weighted by atomic mass is 10.1. The predicted octanol–water partition coefficient (Wildman–Crippen LogP) is 2.84. The molecule has 0 bridgehead atoms. The number of carboxylic acid groups (broad SMARTS) is 1. The number of anilines is 1. The molecule has 2 rings (SSSR count). The van der Waals surface area contributed by atoms with E-state index in [2.05, 4.69) is 5.32 Å². The first kappa shape index (κ1) is 14.6. The zero-order valence-electron chi connectivity index (χ0n) is 10.8. The highest BCUT2D eigenvalue weighted by molar-refractivity contribution is 6.01. The standard InChI is InChI=1S/C15H11F2NO3/c16-10-6-4-9(5-7-10)8-13(19)18-12-3-1-2-11(17)14(12)15(20)21/h1-7H,8H2,(H,18,19)(H,20,21).